The zero-order valence-electron chi connectivity index (χ0n) is 13.4. The van der Waals surface area contributed by atoms with Gasteiger partial charge in [0.05, 0.1) is 24.4 Å². The number of hydrogen-bond acceptors (Lipinski definition) is 3. The number of hydrogen-bond donors (Lipinski definition) is 1. The van der Waals surface area contributed by atoms with Crippen molar-refractivity contribution in [3.8, 4) is 0 Å². The van der Waals surface area contributed by atoms with Gasteiger partial charge in [-0.05, 0) is 46.1 Å². The van der Waals surface area contributed by atoms with Crippen molar-refractivity contribution in [2.75, 3.05) is 6.61 Å². The molecule has 0 radical (unpaired) electrons. The van der Waals surface area contributed by atoms with E-state index >= 15 is 0 Å². The minimum Gasteiger partial charge on any atom is -0.469 e. The van der Waals surface area contributed by atoms with Gasteiger partial charge < -0.3 is 14.5 Å². The second-order valence-electron chi connectivity index (χ2n) is 6.04. The Kier molecular flexibility index (Phi) is 6.48. The molecule has 1 aromatic heterocycles. The average molecular weight is 342 g/mol. The van der Waals surface area contributed by atoms with E-state index in [0.717, 1.165) is 35.6 Å². The Morgan fingerprint density at radius 2 is 2.27 bits per heavy atom. The smallest absolute Gasteiger partial charge is 0.110 e. The zero-order valence-corrected chi connectivity index (χ0v) is 15.0. The molecule has 3 nitrogen and oxygen atoms in total. The number of aryl methyl sites for hydroxylation is 1. The summed E-state index contributed by atoms with van der Waals surface area (Å²) in [6.07, 6.45) is 6.64. The first-order chi connectivity index (χ1) is 10.5. The van der Waals surface area contributed by atoms with Crippen LogP contribution in [0.3, 0.4) is 0 Å². The molecule has 1 aliphatic carbocycles. The van der Waals surface area contributed by atoms with Crippen molar-refractivity contribution in [1.29, 1.82) is 0 Å². The molecule has 3 unspecified atom stereocenters. The van der Waals surface area contributed by atoms with Crippen LogP contribution in [0.25, 0.3) is 0 Å². The maximum absolute atomic E-state index is 6.40. The van der Waals surface area contributed by atoms with E-state index in [1.54, 1.807) is 6.26 Å². The SMILES string of the molecule is CC(C)=CCOC1CC(NC(=S)c2ccoc2C)CCC1Cl. The van der Waals surface area contributed by atoms with Gasteiger partial charge in [-0.2, -0.15) is 0 Å². The first-order valence-corrected chi connectivity index (χ1v) is 8.56. The summed E-state index contributed by atoms with van der Waals surface area (Å²) < 4.78 is 11.2. The second kappa shape index (κ2) is 8.14. The third-order valence-corrected chi connectivity index (χ3v) is 4.79. The van der Waals surface area contributed by atoms with E-state index in [4.69, 9.17) is 33.0 Å². The summed E-state index contributed by atoms with van der Waals surface area (Å²) in [4.78, 5) is 0.743. The first kappa shape index (κ1) is 17.5. The lowest BCUT2D eigenvalue weighted by Gasteiger charge is -2.33. The molecule has 0 spiro atoms. The van der Waals surface area contributed by atoms with Crippen molar-refractivity contribution < 1.29 is 9.15 Å². The molecule has 3 atom stereocenters. The van der Waals surface area contributed by atoms with Gasteiger partial charge in [0.2, 0.25) is 0 Å². The lowest BCUT2D eigenvalue weighted by atomic mass is 9.92. The maximum atomic E-state index is 6.40. The van der Waals surface area contributed by atoms with Crippen LogP contribution >= 0.6 is 23.8 Å². The van der Waals surface area contributed by atoms with E-state index in [1.165, 1.54) is 5.57 Å². The van der Waals surface area contributed by atoms with Gasteiger partial charge in [0.1, 0.15) is 10.7 Å². The van der Waals surface area contributed by atoms with Crippen LogP contribution in [0.4, 0.5) is 0 Å². The Hall–Kier alpha value is -0.840. The molecule has 0 aromatic carbocycles. The normalized spacial score (nSPS) is 24.8. The Morgan fingerprint density at radius 3 is 2.91 bits per heavy atom. The summed E-state index contributed by atoms with van der Waals surface area (Å²) >= 11 is 11.9. The Morgan fingerprint density at radius 1 is 1.50 bits per heavy atom. The summed E-state index contributed by atoms with van der Waals surface area (Å²) in [6.45, 7) is 6.68. The molecule has 1 aliphatic rings. The highest BCUT2D eigenvalue weighted by Gasteiger charge is 2.30. The fourth-order valence-corrected chi connectivity index (χ4v) is 3.30. The Labute approximate surface area is 143 Å². The number of rotatable bonds is 5. The molecular weight excluding hydrogens is 318 g/mol. The van der Waals surface area contributed by atoms with Crippen molar-refractivity contribution >= 4 is 28.8 Å². The van der Waals surface area contributed by atoms with Crippen molar-refractivity contribution in [3.63, 3.8) is 0 Å². The molecule has 0 saturated heterocycles. The fraction of sp³-hybridized carbons (Fsp3) is 0.588. The molecule has 1 heterocycles. The van der Waals surface area contributed by atoms with Crippen LogP contribution in [-0.4, -0.2) is 29.1 Å². The molecule has 0 amide bonds. The largest absolute Gasteiger partial charge is 0.469 e. The van der Waals surface area contributed by atoms with Crippen LogP contribution in [0.5, 0.6) is 0 Å². The predicted octanol–water partition coefficient (Wildman–Crippen LogP) is 4.36. The number of halogens is 1. The summed E-state index contributed by atoms with van der Waals surface area (Å²) in [5.74, 6) is 0.847. The Balaban J connectivity index is 1.88. The summed E-state index contributed by atoms with van der Waals surface area (Å²) in [7, 11) is 0. The molecule has 5 heteroatoms. The average Bonchev–Trinajstić information content (AvgIpc) is 2.88. The third-order valence-electron chi connectivity index (χ3n) is 3.95. The molecule has 122 valence electrons. The van der Waals surface area contributed by atoms with Gasteiger partial charge in [0.15, 0.2) is 0 Å². The summed E-state index contributed by atoms with van der Waals surface area (Å²) in [6, 6.07) is 2.20. The van der Waals surface area contributed by atoms with Gasteiger partial charge in [0, 0.05) is 11.6 Å². The minimum absolute atomic E-state index is 0.0664. The standard InChI is InChI=1S/C17H24ClNO2S/c1-11(2)6-8-21-16-10-13(4-5-15(16)18)19-17(22)14-7-9-20-12(14)3/h6-7,9,13,15-16H,4-5,8,10H2,1-3H3,(H,19,22). The number of thiocarbonyl (C=S) groups is 1. The van der Waals surface area contributed by atoms with Crippen LogP contribution in [-0.2, 0) is 4.74 Å². The monoisotopic (exact) mass is 341 g/mol. The number of alkyl halides is 1. The molecule has 0 aliphatic heterocycles. The quantitative estimate of drug-likeness (QED) is 0.490. The van der Waals surface area contributed by atoms with Crippen LogP contribution in [0.2, 0.25) is 0 Å². The van der Waals surface area contributed by atoms with Gasteiger partial charge in [-0.25, -0.2) is 0 Å². The van der Waals surface area contributed by atoms with Crippen molar-refractivity contribution in [3.05, 3.63) is 35.3 Å². The highest BCUT2D eigenvalue weighted by Crippen LogP contribution is 2.26. The van der Waals surface area contributed by atoms with Crippen molar-refractivity contribution in [1.82, 2.24) is 5.32 Å². The van der Waals surface area contributed by atoms with E-state index in [0.29, 0.717) is 12.6 Å². The second-order valence-corrected chi connectivity index (χ2v) is 7.01. The molecule has 2 rings (SSSR count). The summed E-state index contributed by atoms with van der Waals surface area (Å²) in [5, 5.41) is 3.51. The van der Waals surface area contributed by atoms with Gasteiger partial charge in [-0.1, -0.05) is 23.9 Å². The lowest BCUT2D eigenvalue weighted by Crippen LogP contribution is -2.44. The van der Waals surface area contributed by atoms with Crippen LogP contribution < -0.4 is 5.32 Å². The number of ether oxygens (including phenoxy) is 1. The van der Waals surface area contributed by atoms with Crippen LogP contribution in [0.15, 0.2) is 28.4 Å². The lowest BCUT2D eigenvalue weighted by molar-refractivity contribution is 0.0418. The minimum atomic E-state index is 0.0664. The van der Waals surface area contributed by atoms with Crippen LogP contribution in [0.1, 0.15) is 44.4 Å². The molecule has 1 saturated carbocycles. The van der Waals surface area contributed by atoms with Crippen molar-refractivity contribution in [2.24, 2.45) is 0 Å². The van der Waals surface area contributed by atoms with Gasteiger partial charge >= 0.3 is 0 Å². The fourth-order valence-electron chi connectivity index (χ4n) is 2.62. The van der Waals surface area contributed by atoms with Crippen molar-refractivity contribution in [2.45, 2.75) is 57.6 Å². The van der Waals surface area contributed by atoms with E-state index < -0.39 is 0 Å². The third kappa shape index (κ3) is 4.83. The van der Waals surface area contributed by atoms with E-state index in [9.17, 15) is 0 Å². The Bertz CT molecular complexity index is 537. The molecule has 1 fully saturated rings. The maximum Gasteiger partial charge on any atom is 0.110 e. The predicted molar refractivity (Wildman–Crippen MR) is 94.7 cm³/mol. The molecule has 22 heavy (non-hydrogen) atoms. The number of nitrogens with one attached hydrogen (secondary N) is 1. The molecular formula is C17H24ClNO2S. The van der Waals surface area contributed by atoms with E-state index in [1.807, 2.05) is 13.0 Å². The first-order valence-electron chi connectivity index (χ1n) is 7.71. The molecule has 1 N–H and O–H groups in total. The number of allylic oxidation sites excluding steroid dienone is 1. The van der Waals surface area contributed by atoms with Gasteiger partial charge in [0.25, 0.3) is 0 Å². The van der Waals surface area contributed by atoms with Gasteiger partial charge in [-0.3, -0.25) is 0 Å². The topological polar surface area (TPSA) is 34.4 Å². The highest BCUT2D eigenvalue weighted by molar-refractivity contribution is 7.80. The van der Waals surface area contributed by atoms with E-state index in [2.05, 4.69) is 25.2 Å². The molecule has 0 bridgehead atoms. The summed E-state index contributed by atoms with van der Waals surface area (Å²) in [5.41, 5.74) is 2.22. The molecule has 1 aromatic rings. The highest BCUT2D eigenvalue weighted by atomic mass is 35.5. The van der Waals surface area contributed by atoms with E-state index in [-0.39, 0.29) is 11.5 Å². The van der Waals surface area contributed by atoms with Crippen LogP contribution in [0, 0.1) is 6.92 Å². The zero-order chi connectivity index (χ0) is 16.1. The van der Waals surface area contributed by atoms with Gasteiger partial charge in [-0.15, -0.1) is 11.6 Å². The number of furan rings is 1.